The quantitative estimate of drug-likeness (QED) is 0.194. The zero-order valence-corrected chi connectivity index (χ0v) is 19.2. The molecule has 7 nitrogen and oxygen atoms in total. The van der Waals surface area contributed by atoms with Crippen LogP contribution < -0.4 is 19.9 Å². The summed E-state index contributed by atoms with van der Waals surface area (Å²) < 4.78 is 12.2. The van der Waals surface area contributed by atoms with Crippen LogP contribution in [0.25, 0.3) is 6.08 Å². The number of halogens is 2. The number of ether oxygens (including phenoxy) is 2. The molecule has 150 valence electrons. The highest BCUT2D eigenvalue weighted by Gasteiger charge is 2.34. The van der Waals surface area contributed by atoms with Gasteiger partial charge in [0.25, 0.3) is 11.8 Å². The number of nitrogens with one attached hydrogen (secondary N) is 1. The maximum absolute atomic E-state index is 12.8. The van der Waals surface area contributed by atoms with Crippen LogP contribution in [0.1, 0.15) is 19.4 Å². The van der Waals surface area contributed by atoms with Gasteiger partial charge in [-0.2, -0.15) is 0 Å². The molecule has 0 bridgehead atoms. The number of carbonyl (C=O) groups is 3. The van der Waals surface area contributed by atoms with Crippen molar-refractivity contribution in [3.05, 3.63) is 55.6 Å². The standard InChI is InChI=1S/C20H16BrIN2O5/c1-3-28-17-10-12(9-16(21)18(17)29-11(2)25)8-15-19(26)23-24(20(15)27)14-6-4-13(22)5-7-14/h4-10H,3H2,1-2H3,(H,23,26). The number of hydrogen-bond donors (Lipinski definition) is 1. The number of esters is 1. The van der Waals surface area contributed by atoms with Crippen molar-refractivity contribution in [1.29, 1.82) is 0 Å². The van der Waals surface area contributed by atoms with Crippen LogP contribution in [0.15, 0.2) is 46.4 Å². The van der Waals surface area contributed by atoms with Crippen molar-refractivity contribution in [2.45, 2.75) is 13.8 Å². The van der Waals surface area contributed by atoms with E-state index in [9.17, 15) is 14.4 Å². The van der Waals surface area contributed by atoms with Gasteiger partial charge in [-0.3, -0.25) is 19.8 Å². The average Bonchev–Trinajstić information content (AvgIpc) is 2.93. The van der Waals surface area contributed by atoms with Gasteiger partial charge < -0.3 is 9.47 Å². The fraction of sp³-hybridized carbons (Fsp3) is 0.150. The van der Waals surface area contributed by atoms with E-state index in [1.165, 1.54) is 18.0 Å². The molecule has 2 aromatic carbocycles. The van der Waals surface area contributed by atoms with Gasteiger partial charge in [0.15, 0.2) is 11.5 Å². The van der Waals surface area contributed by atoms with Gasteiger partial charge in [-0.25, -0.2) is 5.01 Å². The fourth-order valence-electron chi connectivity index (χ4n) is 2.67. The second-order valence-corrected chi connectivity index (χ2v) is 8.07. The first-order chi connectivity index (χ1) is 13.8. The largest absolute Gasteiger partial charge is 0.490 e. The predicted octanol–water partition coefficient (Wildman–Crippen LogP) is 3.84. The van der Waals surface area contributed by atoms with Crippen LogP contribution in [0.2, 0.25) is 0 Å². The molecule has 0 atom stereocenters. The van der Waals surface area contributed by atoms with Gasteiger partial charge in [0.1, 0.15) is 5.57 Å². The Hall–Kier alpha value is -2.40. The molecule has 1 fully saturated rings. The van der Waals surface area contributed by atoms with Crippen molar-refractivity contribution in [2.75, 3.05) is 11.6 Å². The summed E-state index contributed by atoms with van der Waals surface area (Å²) in [6, 6.07) is 10.4. The Morgan fingerprint density at radius 2 is 1.93 bits per heavy atom. The van der Waals surface area contributed by atoms with Crippen LogP contribution >= 0.6 is 38.5 Å². The molecule has 0 aromatic heterocycles. The molecule has 1 saturated heterocycles. The summed E-state index contributed by atoms with van der Waals surface area (Å²) in [5, 5.41) is 1.20. The Balaban J connectivity index is 1.96. The van der Waals surface area contributed by atoms with E-state index in [0.717, 1.165) is 3.57 Å². The maximum atomic E-state index is 12.8. The molecule has 0 aliphatic carbocycles. The van der Waals surface area contributed by atoms with Crippen molar-refractivity contribution in [3.8, 4) is 11.5 Å². The Kier molecular flexibility index (Phi) is 6.58. The van der Waals surface area contributed by atoms with E-state index in [1.807, 2.05) is 12.1 Å². The second-order valence-electron chi connectivity index (χ2n) is 5.97. The summed E-state index contributed by atoms with van der Waals surface area (Å²) in [6.07, 6.45) is 1.47. The lowest BCUT2D eigenvalue weighted by Crippen LogP contribution is -2.35. The van der Waals surface area contributed by atoms with Crippen LogP contribution in [-0.2, 0) is 14.4 Å². The smallest absolute Gasteiger partial charge is 0.308 e. The SMILES string of the molecule is CCOc1cc(C=C2C(=O)NN(c3ccc(I)cc3)C2=O)cc(Br)c1OC(C)=O. The lowest BCUT2D eigenvalue weighted by Gasteiger charge is -2.14. The molecular formula is C20H16BrIN2O5. The zero-order valence-electron chi connectivity index (χ0n) is 15.5. The molecule has 1 heterocycles. The summed E-state index contributed by atoms with van der Waals surface area (Å²) in [5.74, 6) is -0.897. The monoisotopic (exact) mass is 570 g/mol. The molecular weight excluding hydrogens is 555 g/mol. The number of anilines is 1. The van der Waals surface area contributed by atoms with Gasteiger partial charge in [-0.15, -0.1) is 0 Å². The summed E-state index contributed by atoms with van der Waals surface area (Å²) >= 11 is 5.51. The third kappa shape index (κ3) is 4.78. The molecule has 3 rings (SSSR count). The molecule has 1 aliphatic heterocycles. The predicted molar refractivity (Wildman–Crippen MR) is 119 cm³/mol. The van der Waals surface area contributed by atoms with Gasteiger partial charge in [0.2, 0.25) is 0 Å². The van der Waals surface area contributed by atoms with E-state index < -0.39 is 17.8 Å². The van der Waals surface area contributed by atoms with E-state index in [4.69, 9.17) is 9.47 Å². The molecule has 1 aliphatic rings. The maximum Gasteiger partial charge on any atom is 0.308 e. The molecule has 0 radical (unpaired) electrons. The Morgan fingerprint density at radius 1 is 1.24 bits per heavy atom. The Bertz CT molecular complexity index is 1020. The highest BCUT2D eigenvalue weighted by atomic mass is 127. The van der Waals surface area contributed by atoms with E-state index in [-0.39, 0.29) is 11.3 Å². The number of nitrogens with zero attached hydrogens (tertiary/aromatic N) is 1. The van der Waals surface area contributed by atoms with Crippen LogP contribution in [0, 0.1) is 3.57 Å². The third-order valence-corrected chi connectivity index (χ3v) is 5.17. The normalized spacial score (nSPS) is 14.9. The zero-order chi connectivity index (χ0) is 21.1. The summed E-state index contributed by atoms with van der Waals surface area (Å²) in [5.41, 5.74) is 3.65. The summed E-state index contributed by atoms with van der Waals surface area (Å²) in [4.78, 5) is 36.5. The number of amides is 2. The van der Waals surface area contributed by atoms with Crippen molar-refractivity contribution in [1.82, 2.24) is 5.43 Å². The van der Waals surface area contributed by atoms with Crippen LogP contribution in [0.5, 0.6) is 11.5 Å². The molecule has 0 spiro atoms. The van der Waals surface area contributed by atoms with Gasteiger partial charge in [-0.1, -0.05) is 0 Å². The number of rotatable bonds is 5. The fourth-order valence-corrected chi connectivity index (χ4v) is 3.57. The van der Waals surface area contributed by atoms with Gasteiger partial charge in [0.05, 0.1) is 16.8 Å². The molecule has 1 N–H and O–H groups in total. The van der Waals surface area contributed by atoms with E-state index >= 15 is 0 Å². The number of benzene rings is 2. The van der Waals surface area contributed by atoms with Crippen molar-refractivity contribution >= 4 is 68.1 Å². The first-order valence-corrected chi connectivity index (χ1v) is 10.4. The summed E-state index contributed by atoms with van der Waals surface area (Å²) in [6.45, 7) is 3.43. The number of hydrogen-bond acceptors (Lipinski definition) is 5. The average molecular weight is 571 g/mol. The lowest BCUT2D eigenvalue weighted by atomic mass is 10.1. The van der Waals surface area contributed by atoms with Crippen molar-refractivity contribution in [2.24, 2.45) is 0 Å². The van der Waals surface area contributed by atoms with Gasteiger partial charge in [0, 0.05) is 10.5 Å². The van der Waals surface area contributed by atoms with Gasteiger partial charge >= 0.3 is 5.97 Å². The van der Waals surface area contributed by atoms with E-state index in [0.29, 0.717) is 28.1 Å². The minimum absolute atomic E-state index is 0.0156. The Labute approximate surface area is 189 Å². The first-order valence-electron chi connectivity index (χ1n) is 8.57. The van der Waals surface area contributed by atoms with E-state index in [1.54, 1.807) is 31.2 Å². The second kappa shape index (κ2) is 8.95. The first kappa shape index (κ1) is 21.3. The van der Waals surface area contributed by atoms with Crippen LogP contribution in [0.4, 0.5) is 5.69 Å². The number of carbonyl (C=O) groups excluding carboxylic acids is 3. The van der Waals surface area contributed by atoms with Crippen LogP contribution in [0.3, 0.4) is 0 Å². The molecule has 0 saturated carbocycles. The number of hydrazine groups is 1. The van der Waals surface area contributed by atoms with Crippen molar-refractivity contribution < 1.29 is 23.9 Å². The molecule has 9 heteroatoms. The van der Waals surface area contributed by atoms with E-state index in [2.05, 4.69) is 43.9 Å². The van der Waals surface area contributed by atoms with Crippen molar-refractivity contribution in [3.63, 3.8) is 0 Å². The lowest BCUT2D eigenvalue weighted by molar-refractivity contribution is -0.132. The topological polar surface area (TPSA) is 84.9 Å². The highest BCUT2D eigenvalue weighted by Crippen LogP contribution is 2.38. The van der Waals surface area contributed by atoms with Gasteiger partial charge in [-0.05, 0) is 93.5 Å². The third-order valence-electron chi connectivity index (χ3n) is 3.86. The Morgan fingerprint density at radius 3 is 2.55 bits per heavy atom. The minimum atomic E-state index is -0.508. The minimum Gasteiger partial charge on any atom is -0.490 e. The summed E-state index contributed by atoms with van der Waals surface area (Å²) in [7, 11) is 0. The van der Waals surface area contributed by atoms with Crippen LogP contribution in [-0.4, -0.2) is 24.4 Å². The molecule has 2 amide bonds. The molecule has 29 heavy (non-hydrogen) atoms. The molecule has 2 aromatic rings. The highest BCUT2D eigenvalue weighted by molar-refractivity contribution is 14.1. The molecule has 0 unspecified atom stereocenters.